The highest BCUT2D eigenvalue weighted by molar-refractivity contribution is 6.11. The summed E-state index contributed by atoms with van der Waals surface area (Å²) in [6.45, 7) is 6.76. The maximum Gasteiger partial charge on any atom is 0.255 e. The molecule has 1 atom stereocenters. The number of hydrogen-bond donors (Lipinski definition) is 2. The Morgan fingerprint density at radius 1 is 1.09 bits per heavy atom. The zero-order chi connectivity index (χ0) is 24.7. The molecule has 0 saturated heterocycles. The predicted molar refractivity (Wildman–Crippen MR) is 134 cm³/mol. The third-order valence-corrected chi connectivity index (χ3v) is 6.12. The van der Waals surface area contributed by atoms with Crippen LogP contribution in [0.3, 0.4) is 0 Å². The summed E-state index contributed by atoms with van der Waals surface area (Å²) in [6, 6.07) is 17.0. The van der Waals surface area contributed by atoms with Crippen molar-refractivity contribution in [2.45, 2.75) is 32.5 Å². The zero-order valence-electron chi connectivity index (χ0n) is 20.1. The predicted octanol–water partition coefficient (Wildman–Crippen LogP) is 6.67. The van der Waals surface area contributed by atoms with Gasteiger partial charge in [0, 0.05) is 41.9 Å². The van der Waals surface area contributed by atoms with Gasteiger partial charge in [0.15, 0.2) is 0 Å². The Morgan fingerprint density at radius 3 is 2.40 bits per heavy atom. The second-order valence-corrected chi connectivity index (χ2v) is 9.27. The first kappa shape index (κ1) is 22.9. The minimum absolute atomic E-state index is 0.154. The Balaban J connectivity index is 1.55. The smallest absolute Gasteiger partial charge is 0.255 e. The van der Waals surface area contributed by atoms with E-state index in [9.17, 15) is 9.18 Å². The number of halogens is 1. The second-order valence-electron chi connectivity index (χ2n) is 9.27. The SMILES string of the molecule is CNC(=O)c1c(-c2ccc(Oc3ccc(F)cc3)cc2)oc2cc3c(cc12)C(C)OC(C)(C)CN3. The molecule has 1 aromatic heterocycles. The van der Waals surface area contributed by atoms with Crippen LogP contribution in [0.2, 0.25) is 0 Å². The maximum atomic E-state index is 13.2. The molecule has 0 spiro atoms. The molecule has 0 fully saturated rings. The summed E-state index contributed by atoms with van der Waals surface area (Å²) in [4.78, 5) is 13.0. The highest BCUT2D eigenvalue weighted by atomic mass is 19.1. The van der Waals surface area contributed by atoms with E-state index in [1.165, 1.54) is 12.1 Å². The fraction of sp³-hybridized carbons (Fsp3) is 0.250. The van der Waals surface area contributed by atoms with Crippen LogP contribution in [0.15, 0.2) is 65.1 Å². The van der Waals surface area contributed by atoms with Crippen LogP contribution in [-0.4, -0.2) is 25.1 Å². The molecule has 7 heteroatoms. The molecule has 1 unspecified atom stereocenters. The van der Waals surface area contributed by atoms with Crippen molar-refractivity contribution in [3.63, 3.8) is 0 Å². The standard InChI is InChI=1S/C28H27FN2O4/c1-16-21-13-22-24(14-23(21)31-15-28(2,3)35-16)34-26(25(22)27(32)30-4)17-5-9-19(10-6-17)33-20-11-7-18(29)8-12-20/h5-14,16,31H,15H2,1-4H3,(H,30,32). The molecule has 3 aromatic carbocycles. The molecule has 0 bridgehead atoms. The van der Waals surface area contributed by atoms with Gasteiger partial charge < -0.3 is 24.5 Å². The molecule has 1 amide bonds. The number of carbonyl (C=O) groups is 1. The summed E-state index contributed by atoms with van der Waals surface area (Å²) in [5.74, 6) is 1.03. The minimum Gasteiger partial charge on any atom is -0.457 e. The van der Waals surface area contributed by atoms with Gasteiger partial charge in [-0.1, -0.05) is 0 Å². The molecule has 0 radical (unpaired) electrons. The van der Waals surface area contributed by atoms with Crippen LogP contribution in [0.4, 0.5) is 10.1 Å². The average Bonchev–Trinajstić information content (AvgIpc) is 3.16. The van der Waals surface area contributed by atoms with Crippen molar-refractivity contribution < 1.29 is 23.1 Å². The number of carbonyl (C=O) groups excluding carboxylic acids is 1. The Morgan fingerprint density at radius 2 is 1.74 bits per heavy atom. The molecule has 2 heterocycles. The van der Waals surface area contributed by atoms with E-state index < -0.39 is 0 Å². The third kappa shape index (κ3) is 4.47. The average molecular weight is 475 g/mol. The monoisotopic (exact) mass is 474 g/mol. The van der Waals surface area contributed by atoms with Gasteiger partial charge >= 0.3 is 0 Å². The van der Waals surface area contributed by atoms with Crippen molar-refractivity contribution in [2.75, 3.05) is 18.9 Å². The molecular weight excluding hydrogens is 447 g/mol. The van der Waals surface area contributed by atoms with Gasteiger partial charge in [-0.25, -0.2) is 4.39 Å². The van der Waals surface area contributed by atoms with E-state index in [0.29, 0.717) is 35.0 Å². The Bertz CT molecular complexity index is 1390. The number of ether oxygens (including phenoxy) is 2. The molecule has 2 N–H and O–H groups in total. The highest BCUT2D eigenvalue weighted by Crippen LogP contribution is 2.41. The van der Waals surface area contributed by atoms with E-state index in [1.54, 1.807) is 31.3 Å². The van der Waals surface area contributed by atoms with Gasteiger partial charge in [-0.05, 0) is 75.4 Å². The number of fused-ring (bicyclic) bond motifs is 2. The first-order chi connectivity index (χ1) is 16.7. The third-order valence-electron chi connectivity index (χ3n) is 6.12. The van der Waals surface area contributed by atoms with E-state index in [0.717, 1.165) is 22.2 Å². The van der Waals surface area contributed by atoms with Gasteiger partial charge in [-0.2, -0.15) is 0 Å². The summed E-state index contributed by atoms with van der Waals surface area (Å²) in [7, 11) is 1.60. The highest BCUT2D eigenvalue weighted by Gasteiger charge is 2.30. The van der Waals surface area contributed by atoms with Crippen molar-refractivity contribution in [3.05, 3.63) is 77.6 Å². The molecule has 1 aliphatic rings. The van der Waals surface area contributed by atoms with Crippen molar-refractivity contribution in [1.82, 2.24) is 5.32 Å². The summed E-state index contributed by atoms with van der Waals surface area (Å²) >= 11 is 0. The maximum absolute atomic E-state index is 13.2. The van der Waals surface area contributed by atoms with Crippen LogP contribution >= 0.6 is 0 Å². The Labute approximate surface area is 203 Å². The number of amides is 1. The fourth-order valence-corrected chi connectivity index (χ4v) is 4.41. The number of anilines is 1. The van der Waals surface area contributed by atoms with Crippen molar-refractivity contribution in [2.24, 2.45) is 0 Å². The number of hydrogen-bond acceptors (Lipinski definition) is 5. The Hall–Kier alpha value is -3.84. The van der Waals surface area contributed by atoms with Crippen LogP contribution in [-0.2, 0) is 4.74 Å². The second kappa shape index (κ2) is 8.74. The lowest BCUT2D eigenvalue weighted by atomic mass is 10.0. The molecule has 1 aliphatic heterocycles. The number of rotatable bonds is 4. The lowest BCUT2D eigenvalue weighted by Gasteiger charge is -2.25. The first-order valence-electron chi connectivity index (χ1n) is 11.5. The molecule has 0 saturated carbocycles. The van der Waals surface area contributed by atoms with Gasteiger partial charge in [0.25, 0.3) is 5.91 Å². The quantitative estimate of drug-likeness (QED) is 0.345. The normalized spacial score (nSPS) is 16.8. The van der Waals surface area contributed by atoms with Gasteiger partial charge in [0.1, 0.15) is 28.7 Å². The molecule has 180 valence electrons. The molecule has 4 aromatic rings. The summed E-state index contributed by atoms with van der Waals surface area (Å²) in [6.07, 6.45) is -0.154. The lowest BCUT2D eigenvalue weighted by Crippen LogP contribution is -2.31. The van der Waals surface area contributed by atoms with E-state index in [-0.39, 0.29) is 23.4 Å². The van der Waals surface area contributed by atoms with E-state index in [2.05, 4.69) is 10.6 Å². The van der Waals surface area contributed by atoms with Crippen LogP contribution in [0.25, 0.3) is 22.3 Å². The van der Waals surface area contributed by atoms with Crippen molar-refractivity contribution >= 4 is 22.6 Å². The molecule has 5 rings (SSSR count). The topological polar surface area (TPSA) is 72.7 Å². The fourth-order valence-electron chi connectivity index (χ4n) is 4.41. The number of nitrogens with one attached hydrogen (secondary N) is 2. The van der Waals surface area contributed by atoms with E-state index in [4.69, 9.17) is 13.9 Å². The Kier molecular flexibility index (Phi) is 5.73. The van der Waals surface area contributed by atoms with Gasteiger partial charge in [0.05, 0.1) is 17.3 Å². The molecular formula is C28H27FN2O4. The van der Waals surface area contributed by atoms with E-state index >= 15 is 0 Å². The minimum atomic E-state index is -0.327. The van der Waals surface area contributed by atoms with Crippen molar-refractivity contribution in [1.29, 1.82) is 0 Å². The summed E-state index contributed by atoms with van der Waals surface area (Å²) in [5, 5.41) is 6.92. The van der Waals surface area contributed by atoms with Crippen LogP contribution < -0.4 is 15.4 Å². The van der Waals surface area contributed by atoms with Gasteiger partial charge in [-0.15, -0.1) is 0 Å². The molecule has 0 aliphatic carbocycles. The summed E-state index contributed by atoms with van der Waals surface area (Å²) in [5.41, 5.74) is 3.40. The van der Waals surface area contributed by atoms with Gasteiger partial charge in [-0.3, -0.25) is 4.79 Å². The first-order valence-corrected chi connectivity index (χ1v) is 11.5. The van der Waals surface area contributed by atoms with Crippen LogP contribution in [0.5, 0.6) is 11.5 Å². The lowest BCUT2D eigenvalue weighted by molar-refractivity contribution is -0.0529. The zero-order valence-corrected chi connectivity index (χ0v) is 20.1. The molecule has 6 nitrogen and oxygen atoms in total. The van der Waals surface area contributed by atoms with Crippen LogP contribution in [0.1, 0.15) is 42.8 Å². The largest absolute Gasteiger partial charge is 0.457 e. The van der Waals surface area contributed by atoms with Gasteiger partial charge in [0.2, 0.25) is 0 Å². The number of benzene rings is 3. The van der Waals surface area contributed by atoms with E-state index in [1.807, 2.05) is 45.0 Å². The van der Waals surface area contributed by atoms with Crippen molar-refractivity contribution in [3.8, 4) is 22.8 Å². The number of furan rings is 1. The molecule has 35 heavy (non-hydrogen) atoms. The van der Waals surface area contributed by atoms with Crippen LogP contribution in [0, 0.1) is 5.82 Å². The summed E-state index contributed by atoms with van der Waals surface area (Å²) < 4.78 is 31.4.